The molecule has 5 rings (SSSR count). The standard InChI is InChI=1S/C22H23N2O2/c1-14-10-11-16-18-15-8-6-7-9-17(15)25-21(18)26-20(16)19(14)24(5)13-12-23(4)22(24,2)3/h6-13H,1-5H3/q+1. The Kier molecular flexibility index (Phi) is 2.81. The molecule has 26 heavy (non-hydrogen) atoms. The van der Waals surface area contributed by atoms with Crippen LogP contribution in [0.3, 0.4) is 0 Å². The Balaban J connectivity index is 1.91. The van der Waals surface area contributed by atoms with E-state index in [0.29, 0.717) is 10.3 Å². The normalized spacial score (nSPS) is 22.3. The first kappa shape index (κ1) is 15.5. The van der Waals surface area contributed by atoms with Crippen LogP contribution in [-0.4, -0.2) is 24.7 Å². The zero-order valence-corrected chi connectivity index (χ0v) is 15.8. The molecule has 1 atom stereocenters. The number of fused-ring (bicyclic) bond motifs is 5. The van der Waals surface area contributed by atoms with Crippen molar-refractivity contribution in [2.75, 3.05) is 14.1 Å². The first-order chi connectivity index (χ1) is 12.3. The van der Waals surface area contributed by atoms with Gasteiger partial charge in [0.25, 0.3) is 5.78 Å². The van der Waals surface area contributed by atoms with E-state index in [9.17, 15) is 0 Å². The van der Waals surface area contributed by atoms with Crippen LogP contribution >= 0.6 is 0 Å². The number of furan rings is 2. The second-order valence-electron chi connectivity index (χ2n) is 7.95. The molecule has 0 N–H and O–H groups in total. The average molecular weight is 347 g/mol. The Morgan fingerprint density at radius 1 is 1.00 bits per heavy atom. The summed E-state index contributed by atoms with van der Waals surface area (Å²) in [6, 6.07) is 12.5. The van der Waals surface area contributed by atoms with Gasteiger partial charge in [-0.3, -0.25) is 0 Å². The number of para-hydroxylation sites is 1. The van der Waals surface area contributed by atoms with Crippen molar-refractivity contribution in [3.8, 4) is 0 Å². The maximum Gasteiger partial charge on any atom is 0.299 e. The van der Waals surface area contributed by atoms with Crippen molar-refractivity contribution in [3.05, 3.63) is 54.4 Å². The fraction of sp³-hybridized carbons (Fsp3) is 0.273. The summed E-state index contributed by atoms with van der Waals surface area (Å²) in [5.41, 5.74) is 4.07. The first-order valence-corrected chi connectivity index (χ1v) is 8.97. The fourth-order valence-corrected chi connectivity index (χ4v) is 4.26. The number of nitrogens with zero attached hydrogens (tertiary/aromatic N) is 2. The van der Waals surface area contributed by atoms with Crippen LogP contribution in [0.25, 0.3) is 33.1 Å². The predicted octanol–water partition coefficient (Wildman–Crippen LogP) is 5.73. The van der Waals surface area contributed by atoms with Crippen molar-refractivity contribution < 1.29 is 8.83 Å². The highest BCUT2D eigenvalue weighted by atomic mass is 16.5. The van der Waals surface area contributed by atoms with Gasteiger partial charge in [0.15, 0.2) is 11.4 Å². The van der Waals surface area contributed by atoms with Gasteiger partial charge in [-0.2, -0.15) is 0 Å². The first-order valence-electron chi connectivity index (χ1n) is 8.97. The van der Waals surface area contributed by atoms with E-state index >= 15 is 0 Å². The number of benzene rings is 2. The van der Waals surface area contributed by atoms with E-state index in [4.69, 9.17) is 8.83 Å². The molecule has 2 aromatic heterocycles. The summed E-state index contributed by atoms with van der Waals surface area (Å²) in [7, 11) is 4.36. The molecule has 4 heteroatoms. The molecule has 3 heterocycles. The van der Waals surface area contributed by atoms with Crippen LogP contribution in [0.4, 0.5) is 5.69 Å². The van der Waals surface area contributed by atoms with Crippen LogP contribution in [0.15, 0.2) is 57.6 Å². The van der Waals surface area contributed by atoms with Gasteiger partial charge in [-0.05, 0) is 19.1 Å². The largest absolute Gasteiger partial charge is 0.425 e. The lowest BCUT2D eigenvalue weighted by molar-refractivity contribution is 0.107. The summed E-state index contributed by atoms with van der Waals surface area (Å²) < 4.78 is 13.0. The van der Waals surface area contributed by atoms with E-state index in [1.807, 2.05) is 18.2 Å². The highest BCUT2D eigenvalue weighted by Crippen LogP contribution is 2.47. The van der Waals surface area contributed by atoms with E-state index in [0.717, 1.165) is 27.3 Å². The number of quaternary nitrogens is 1. The molecule has 1 aliphatic rings. The van der Waals surface area contributed by atoms with E-state index in [2.05, 4.69) is 70.4 Å². The second kappa shape index (κ2) is 4.71. The summed E-state index contributed by atoms with van der Waals surface area (Å²) in [6.45, 7) is 6.67. The minimum atomic E-state index is -0.116. The van der Waals surface area contributed by atoms with Gasteiger partial charge in [0.05, 0.1) is 18.6 Å². The van der Waals surface area contributed by atoms with Gasteiger partial charge >= 0.3 is 0 Å². The molecule has 4 aromatic rings. The van der Waals surface area contributed by atoms with E-state index in [1.165, 1.54) is 11.3 Å². The summed E-state index contributed by atoms with van der Waals surface area (Å²) in [5.74, 6) is 0.606. The van der Waals surface area contributed by atoms with Gasteiger partial charge in [-0.15, -0.1) is 0 Å². The van der Waals surface area contributed by atoms with Crippen molar-refractivity contribution in [1.29, 1.82) is 0 Å². The molecule has 0 saturated carbocycles. The molecule has 0 radical (unpaired) electrons. The maximum absolute atomic E-state index is 6.32. The Hall–Kier alpha value is -2.72. The number of rotatable bonds is 1. The minimum Gasteiger partial charge on any atom is -0.425 e. The van der Waals surface area contributed by atoms with Crippen molar-refractivity contribution in [3.63, 3.8) is 0 Å². The van der Waals surface area contributed by atoms with Crippen LogP contribution in [0.2, 0.25) is 0 Å². The molecular formula is C22H23N2O2+. The maximum atomic E-state index is 6.32. The van der Waals surface area contributed by atoms with Gasteiger partial charge in [0, 0.05) is 37.2 Å². The number of aryl methyl sites for hydroxylation is 1. The highest BCUT2D eigenvalue weighted by Gasteiger charge is 2.49. The number of hydrogen-bond donors (Lipinski definition) is 0. The molecular weight excluding hydrogens is 324 g/mol. The minimum absolute atomic E-state index is 0.116. The third-order valence-electron chi connectivity index (χ3n) is 6.41. The van der Waals surface area contributed by atoms with Crippen LogP contribution in [0, 0.1) is 6.92 Å². The molecule has 1 aliphatic heterocycles. The molecule has 0 fully saturated rings. The van der Waals surface area contributed by atoms with Crippen LogP contribution in [0.1, 0.15) is 19.4 Å². The Morgan fingerprint density at radius 2 is 1.77 bits per heavy atom. The Labute approximate surface area is 152 Å². The number of hydrogen-bond acceptors (Lipinski definition) is 3. The van der Waals surface area contributed by atoms with Gasteiger partial charge in [-0.25, -0.2) is 4.48 Å². The van der Waals surface area contributed by atoms with Crippen molar-refractivity contribution in [2.45, 2.75) is 26.4 Å². The zero-order chi connectivity index (χ0) is 18.3. The van der Waals surface area contributed by atoms with Gasteiger partial charge in [-0.1, -0.05) is 24.3 Å². The van der Waals surface area contributed by atoms with Crippen LogP contribution in [-0.2, 0) is 0 Å². The third kappa shape index (κ3) is 1.68. The molecule has 0 spiro atoms. The summed E-state index contributed by atoms with van der Waals surface area (Å²) >= 11 is 0. The van der Waals surface area contributed by atoms with Crippen molar-refractivity contribution in [1.82, 2.24) is 9.38 Å². The van der Waals surface area contributed by atoms with E-state index in [-0.39, 0.29) is 5.66 Å². The SMILES string of the molecule is Cc1ccc2c(oc3oc4ccccc4c32)c1[N+]1(C)C=CN(C)C1(C)C. The average Bonchev–Trinajstić information content (AvgIpc) is 3.20. The van der Waals surface area contributed by atoms with Crippen LogP contribution in [0.5, 0.6) is 0 Å². The highest BCUT2D eigenvalue weighted by molar-refractivity contribution is 6.19. The molecule has 1 unspecified atom stereocenters. The van der Waals surface area contributed by atoms with Gasteiger partial charge in [0.2, 0.25) is 5.58 Å². The van der Waals surface area contributed by atoms with E-state index in [1.54, 1.807) is 0 Å². The predicted molar refractivity (Wildman–Crippen MR) is 107 cm³/mol. The Morgan fingerprint density at radius 3 is 2.50 bits per heavy atom. The molecule has 0 saturated heterocycles. The topological polar surface area (TPSA) is 29.5 Å². The molecule has 132 valence electrons. The van der Waals surface area contributed by atoms with Crippen molar-refractivity contribution >= 4 is 38.8 Å². The summed E-state index contributed by atoms with van der Waals surface area (Å²) in [6.07, 6.45) is 4.39. The van der Waals surface area contributed by atoms with Gasteiger partial charge < -0.3 is 13.7 Å². The second-order valence-corrected chi connectivity index (χ2v) is 7.95. The molecule has 0 bridgehead atoms. The third-order valence-corrected chi connectivity index (χ3v) is 6.41. The summed E-state index contributed by atoms with van der Waals surface area (Å²) in [5, 5.41) is 3.29. The lowest BCUT2D eigenvalue weighted by Gasteiger charge is -2.43. The smallest absolute Gasteiger partial charge is 0.299 e. The fourth-order valence-electron chi connectivity index (χ4n) is 4.26. The zero-order valence-electron chi connectivity index (χ0n) is 15.8. The lowest BCUT2D eigenvalue weighted by Crippen LogP contribution is -2.59. The quantitative estimate of drug-likeness (QED) is 0.412. The van der Waals surface area contributed by atoms with E-state index < -0.39 is 0 Å². The molecule has 0 aliphatic carbocycles. The van der Waals surface area contributed by atoms with Gasteiger partial charge in [0.1, 0.15) is 11.8 Å². The lowest BCUT2D eigenvalue weighted by atomic mass is 10.0. The summed E-state index contributed by atoms with van der Waals surface area (Å²) in [4.78, 5) is 2.26. The molecule has 4 nitrogen and oxygen atoms in total. The molecule has 0 amide bonds. The van der Waals surface area contributed by atoms with Crippen molar-refractivity contribution in [2.24, 2.45) is 0 Å². The van der Waals surface area contributed by atoms with Crippen LogP contribution < -0.4 is 4.48 Å². The Bertz CT molecular complexity index is 1210. The molecule has 2 aromatic carbocycles. The monoisotopic (exact) mass is 347 g/mol.